The lowest BCUT2D eigenvalue weighted by atomic mass is 9.81. The van der Waals surface area contributed by atoms with Gasteiger partial charge in [-0.3, -0.25) is 4.68 Å². The van der Waals surface area contributed by atoms with Gasteiger partial charge >= 0.3 is 0 Å². The van der Waals surface area contributed by atoms with Crippen molar-refractivity contribution in [2.45, 2.75) is 44.1 Å². The summed E-state index contributed by atoms with van der Waals surface area (Å²) in [6, 6.07) is 9.58. The van der Waals surface area contributed by atoms with Crippen LogP contribution in [0, 0.1) is 0 Å². The van der Waals surface area contributed by atoms with Crippen LogP contribution in [0.5, 0.6) is 0 Å². The minimum atomic E-state index is 0.674. The van der Waals surface area contributed by atoms with Gasteiger partial charge < -0.3 is 0 Å². The molecule has 2 aliphatic carbocycles. The first-order chi connectivity index (χ1) is 8.90. The van der Waals surface area contributed by atoms with E-state index in [-0.39, 0.29) is 0 Å². The molecule has 0 saturated heterocycles. The SMILES string of the molecule is c1ccc2c(c1)CC[C@@H](c1cnn(C3CC3)c1)C2. The number of hydrogen-bond acceptors (Lipinski definition) is 1. The molecular weight excluding hydrogens is 220 g/mol. The smallest absolute Gasteiger partial charge is 0.0524 e. The number of rotatable bonds is 2. The molecule has 4 rings (SSSR count). The van der Waals surface area contributed by atoms with Crippen LogP contribution in [-0.4, -0.2) is 9.78 Å². The normalized spacial score (nSPS) is 22.8. The molecule has 2 nitrogen and oxygen atoms in total. The number of benzene rings is 1. The highest BCUT2D eigenvalue weighted by Gasteiger charge is 2.26. The summed E-state index contributed by atoms with van der Waals surface area (Å²) in [7, 11) is 0. The first-order valence-electron chi connectivity index (χ1n) is 7.01. The fourth-order valence-corrected chi connectivity index (χ4v) is 3.08. The van der Waals surface area contributed by atoms with Crippen LogP contribution in [0.1, 0.15) is 47.9 Å². The Bertz CT molecular complexity index is 566. The molecule has 1 heterocycles. The highest BCUT2D eigenvalue weighted by molar-refractivity contribution is 5.32. The van der Waals surface area contributed by atoms with Crippen molar-refractivity contribution in [1.82, 2.24) is 9.78 Å². The molecule has 0 aliphatic heterocycles. The Hall–Kier alpha value is -1.57. The van der Waals surface area contributed by atoms with E-state index in [4.69, 9.17) is 0 Å². The molecule has 2 aromatic rings. The monoisotopic (exact) mass is 238 g/mol. The van der Waals surface area contributed by atoms with Crippen molar-refractivity contribution in [3.8, 4) is 0 Å². The van der Waals surface area contributed by atoms with Crippen LogP contribution < -0.4 is 0 Å². The van der Waals surface area contributed by atoms with Crippen LogP contribution in [-0.2, 0) is 12.8 Å². The summed E-state index contributed by atoms with van der Waals surface area (Å²) < 4.78 is 2.18. The highest BCUT2D eigenvalue weighted by Crippen LogP contribution is 2.37. The Balaban J connectivity index is 1.59. The second-order valence-corrected chi connectivity index (χ2v) is 5.69. The Kier molecular flexibility index (Phi) is 2.29. The zero-order chi connectivity index (χ0) is 11.9. The molecule has 18 heavy (non-hydrogen) atoms. The Labute approximate surface area is 108 Å². The Morgan fingerprint density at radius 3 is 2.72 bits per heavy atom. The van der Waals surface area contributed by atoms with E-state index in [9.17, 15) is 0 Å². The predicted molar refractivity (Wildman–Crippen MR) is 71.7 cm³/mol. The Morgan fingerprint density at radius 1 is 1.06 bits per heavy atom. The van der Waals surface area contributed by atoms with E-state index in [1.165, 1.54) is 43.2 Å². The van der Waals surface area contributed by atoms with E-state index in [0.29, 0.717) is 12.0 Å². The molecule has 1 atom stereocenters. The molecule has 0 spiro atoms. The van der Waals surface area contributed by atoms with Gasteiger partial charge in [-0.2, -0.15) is 5.10 Å². The zero-order valence-electron chi connectivity index (χ0n) is 10.5. The molecule has 0 N–H and O–H groups in total. The van der Waals surface area contributed by atoms with E-state index in [2.05, 4.69) is 46.4 Å². The fraction of sp³-hybridized carbons (Fsp3) is 0.438. The number of nitrogens with zero attached hydrogens (tertiary/aromatic N) is 2. The second kappa shape index (κ2) is 3.98. The summed E-state index contributed by atoms with van der Waals surface area (Å²) in [5.74, 6) is 0.674. The van der Waals surface area contributed by atoms with Crippen LogP contribution in [0.4, 0.5) is 0 Å². The molecule has 1 aromatic carbocycles. The molecule has 1 saturated carbocycles. The van der Waals surface area contributed by atoms with E-state index >= 15 is 0 Å². The summed E-state index contributed by atoms with van der Waals surface area (Å²) >= 11 is 0. The fourth-order valence-electron chi connectivity index (χ4n) is 3.08. The van der Waals surface area contributed by atoms with Crippen LogP contribution in [0.3, 0.4) is 0 Å². The van der Waals surface area contributed by atoms with Crippen molar-refractivity contribution in [3.05, 3.63) is 53.3 Å². The lowest BCUT2D eigenvalue weighted by molar-refractivity contribution is 0.582. The summed E-state index contributed by atoms with van der Waals surface area (Å²) in [4.78, 5) is 0. The topological polar surface area (TPSA) is 17.8 Å². The third-order valence-electron chi connectivity index (χ3n) is 4.36. The van der Waals surface area contributed by atoms with Gasteiger partial charge in [0.05, 0.1) is 12.2 Å². The maximum atomic E-state index is 4.53. The molecule has 1 fully saturated rings. The van der Waals surface area contributed by atoms with Crippen LogP contribution in [0.15, 0.2) is 36.7 Å². The number of fused-ring (bicyclic) bond motifs is 1. The van der Waals surface area contributed by atoms with Gasteiger partial charge in [0.1, 0.15) is 0 Å². The van der Waals surface area contributed by atoms with Crippen molar-refractivity contribution in [3.63, 3.8) is 0 Å². The second-order valence-electron chi connectivity index (χ2n) is 5.69. The van der Waals surface area contributed by atoms with E-state index in [1.54, 1.807) is 5.56 Å². The molecule has 0 radical (unpaired) electrons. The van der Waals surface area contributed by atoms with Gasteiger partial charge in [0.2, 0.25) is 0 Å². The molecule has 0 amide bonds. The minimum absolute atomic E-state index is 0.674. The summed E-state index contributed by atoms with van der Waals surface area (Å²) in [6.45, 7) is 0. The maximum Gasteiger partial charge on any atom is 0.0524 e. The van der Waals surface area contributed by atoms with Gasteiger partial charge in [-0.15, -0.1) is 0 Å². The summed E-state index contributed by atoms with van der Waals surface area (Å²) in [6.07, 6.45) is 10.7. The van der Waals surface area contributed by atoms with Gasteiger partial charge in [-0.25, -0.2) is 0 Å². The van der Waals surface area contributed by atoms with E-state index in [1.807, 2.05) is 0 Å². The third-order valence-corrected chi connectivity index (χ3v) is 4.36. The van der Waals surface area contributed by atoms with Gasteiger partial charge in [0.25, 0.3) is 0 Å². The molecular formula is C16H18N2. The van der Waals surface area contributed by atoms with Crippen LogP contribution in [0.2, 0.25) is 0 Å². The van der Waals surface area contributed by atoms with E-state index in [0.717, 1.165) is 0 Å². The first-order valence-corrected chi connectivity index (χ1v) is 7.01. The van der Waals surface area contributed by atoms with Gasteiger partial charge in [0, 0.05) is 6.20 Å². The zero-order valence-corrected chi connectivity index (χ0v) is 10.5. The predicted octanol–water partition coefficient (Wildman–Crippen LogP) is 3.49. The average molecular weight is 238 g/mol. The lowest BCUT2D eigenvalue weighted by Crippen LogP contribution is -2.12. The third kappa shape index (κ3) is 1.76. The maximum absolute atomic E-state index is 4.53. The Morgan fingerprint density at radius 2 is 1.89 bits per heavy atom. The average Bonchev–Trinajstić information content (AvgIpc) is 3.16. The van der Waals surface area contributed by atoms with Gasteiger partial charge in [0.15, 0.2) is 0 Å². The molecule has 2 aliphatic rings. The largest absolute Gasteiger partial charge is 0.269 e. The summed E-state index contributed by atoms with van der Waals surface area (Å²) in [5.41, 5.74) is 4.52. The quantitative estimate of drug-likeness (QED) is 0.783. The molecule has 2 heteroatoms. The molecule has 0 unspecified atom stereocenters. The van der Waals surface area contributed by atoms with Crippen molar-refractivity contribution in [2.24, 2.45) is 0 Å². The number of aromatic nitrogens is 2. The standard InChI is InChI=1S/C16H18N2/c1-2-4-13-9-14(6-5-12(13)3-1)15-10-17-18(11-15)16-7-8-16/h1-4,10-11,14,16H,5-9H2/t14-/m1/s1. The highest BCUT2D eigenvalue weighted by atomic mass is 15.3. The number of hydrogen-bond donors (Lipinski definition) is 0. The van der Waals surface area contributed by atoms with Crippen molar-refractivity contribution in [2.75, 3.05) is 0 Å². The first kappa shape index (κ1) is 10.4. The van der Waals surface area contributed by atoms with Crippen molar-refractivity contribution >= 4 is 0 Å². The van der Waals surface area contributed by atoms with Gasteiger partial charge in [-0.1, -0.05) is 24.3 Å². The van der Waals surface area contributed by atoms with E-state index < -0.39 is 0 Å². The summed E-state index contributed by atoms with van der Waals surface area (Å²) in [5, 5.41) is 4.53. The molecule has 92 valence electrons. The van der Waals surface area contributed by atoms with Crippen molar-refractivity contribution in [1.29, 1.82) is 0 Å². The van der Waals surface area contributed by atoms with Crippen LogP contribution in [0.25, 0.3) is 0 Å². The molecule has 0 bridgehead atoms. The van der Waals surface area contributed by atoms with Crippen LogP contribution >= 0.6 is 0 Å². The van der Waals surface area contributed by atoms with Crippen molar-refractivity contribution < 1.29 is 0 Å². The molecule has 1 aromatic heterocycles. The van der Waals surface area contributed by atoms with Gasteiger partial charge in [-0.05, 0) is 54.7 Å². The lowest BCUT2D eigenvalue weighted by Gasteiger charge is -2.23. The minimum Gasteiger partial charge on any atom is -0.269 e. The number of aryl methyl sites for hydroxylation is 1.